The Morgan fingerprint density at radius 1 is 1.41 bits per heavy atom. The van der Waals surface area contributed by atoms with Gasteiger partial charge in [0.05, 0.1) is 7.11 Å². The van der Waals surface area contributed by atoms with Gasteiger partial charge < -0.3 is 15.0 Å². The molecule has 0 aliphatic rings. The van der Waals surface area contributed by atoms with E-state index in [1.807, 2.05) is 12.1 Å². The fourth-order valence-corrected chi connectivity index (χ4v) is 1.81. The zero-order valence-electron chi connectivity index (χ0n) is 11.2. The molecule has 0 amide bonds. The van der Waals surface area contributed by atoms with Crippen LogP contribution in [0, 0.1) is 0 Å². The van der Waals surface area contributed by atoms with E-state index in [-0.39, 0.29) is 0 Å². The first-order valence-electron chi connectivity index (χ1n) is 6.19. The summed E-state index contributed by atoms with van der Waals surface area (Å²) in [4.78, 5) is 6.68. The molecule has 0 radical (unpaired) electrons. The minimum Gasteiger partial charge on any atom is -0.493 e. The molecule has 0 fully saturated rings. The molecule has 17 heavy (non-hydrogen) atoms. The summed E-state index contributed by atoms with van der Waals surface area (Å²) in [5.41, 5.74) is 0. The van der Waals surface area contributed by atoms with E-state index < -0.39 is 0 Å². The standard InChI is InChI=1S/C13H23N3O/c1-5-16(6-2)10-11(3)15-13-12(17-4)8-7-9-14-13/h7-9,11H,5-6,10H2,1-4H3,(H,14,15). The van der Waals surface area contributed by atoms with Crippen molar-refractivity contribution in [2.75, 3.05) is 32.1 Å². The minimum atomic E-state index is 0.346. The van der Waals surface area contributed by atoms with Gasteiger partial charge in [0.1, 0.15) is 0 Å². The number of nitrogens with zero attached hydrogens (tertiary/aromatic N) is 2. The molecule has 0 aliphatic carbocycles. The molecule has 4 nitrogen and oxygen atoms in total. The van der Waals surface area contributed by atoms with E-state index in [4.69, 9.17) is 4.74 Å². The summed E-state index contributed by atoms with van der Waals surface area (Å²) in [7, 11) is 1.66. The van der Waals surface area contributed by atoms with Crippen LogP contribution in [0.4, 0.5) is 5.82 Å². The molecule has 1 atom stereocenters. The number of rotatable bonds is 7. The quantitative estimate of drug-likeness (QED) is 0.789. The molecule has 0 spiro atoms. The monoisotopic (exact) mass is 237 g/mol. The molecule has 96 valence electrons. The zero-order chi connectivity index (χ0) is 12.7. The molecule has 0 saturated carbocycles. The van der Waals surface area contributed by atoms with E-state index in [1.165, 1.54) is 0 Å². The maximum atomic E-state index is 5.27. The first kappa shape index (κ1) is 13.8. The van der Waals surface area contributed by atoms with Crippen molar-refractivity contribution in [1.29, 1.82) is 0 Å². The average molecular weight is 237 g/mol. The Morgan fingerprint density at radius 3 is 2.71 bits per heavy atom. The van der Waals surface area contributed by atoms with Crippen LogP contribution in [-0.4, -0.2) is 42.7 Å². The molecule has 1 rings (SSSR count). The lowest BCUT2D eigenvalue weighted by Gasteiger charge is -2.24. The van der Waals surface area contributed by atoms with E-state index in [0.29, 0.717) is 6.04 Å². The molecule has 1 heterocycles. The Hall–Kier alpha value is -1.29. The van der Waals surface area contributed by atoms with E-state index in [0.717, 1.165) is 31.2 Å². The number of likely N-dealkylation sites (N-methyl/N-ethyl adjacent to an activating group) is 1. The van der Waals surface area contributed by atoms with Gasteiger partial charge in [-0.2, -0.15) is 0 Å². The summed E-state index contributed by atoms with van der Waals surface area (Å²) in [6, 6.07) is 4.14. The summed E-state index contributed by atoms with van der Waals surface area (Å²) >= 11 is 0. The molecule has 1 aromatic heterocycles. The van der Waals surface area contributed by atoms with Gasteiger partial charge in [-0.3, -0.25) is 0 Å². The number of hydrogen-bond acceptors (Lipinski definition) is 4. The number of methoxy groups -OCH3 is 1. The lowest BCUT2D eigenvalue weighted by molar-refractivity contribution is 0.294. The van der Waals surface area contributed by atoms with Crippen LogP contribution in [0.1, 0.15) is 20.8 Å². The third kappa shape index (κ3) is 4.23. The third-order valence-corrected chi connectivity index (χ3v) is 2.80. The van der Waals surface area contributed by atoms with Gasteiger partial charge in [0.15, 0.2) is 11.6 Å². The summed E-state index contributed by atoms with van der Waals surface area (Å²) in [6.07, 6.45) is 1.77. The average Bonchev–Trinajstić information content (AvgIpc) is 2.36. The van der Waals surface area contributed by atoms with Gasteiger partial charge in [-0.05, 0) is 32.1 Å². The summed E-state index contributed by atoms with van der Waals surface area (Å²) in [5, 5.41) is 3.38. The maximum absolute atomic E-state index is 5.27. The molecular weight excluding hydrogens is 214 g/mol. The van der Waals surface area contributed by atoms with Gasteiger partial charge in [0.25, 0.3) is 0 Å². The molecule has 1 aromatic rings. The number of pyridine rings is 1. The molecular formula is C13H23N3O. The Balaban J connectivity index is 2.58. The fraction of sp³-hybridized carbons (Fsp3) is 0.615. The van der Waals surface area contributed by atoms with Gasteiger partial charge in [-0.15, -0.1) is 0 Å². The number of anilines is 1. The van der Waals surface area contributed by atoms with Crippen LogP contribution in [0.25, 0.3) is 0 Å². The van der Waals surface area contributed by atoms with Crippen LogP contribution in [0.3, 0.4) is 0 Å². The van der Waals surface area contributed by atoms with Crippen molar-refractivity contribution in [1.82, 2.24) is 9.88 Å². The van der Waals surface area contributed by atoms with Crippen molar-refractivity contribution in [3.8, 4) is 5.75 Å². The van der Waals surface area contributed by atoms with Crippen molar-refractivity contribution < 1.29 is 4.74 Å². The van der Waals surface area contributed by atoms with Crippen molar-refractivity contribution >= 4 is 5.82 Å². The smallest absolute Gasteiger partial charge is 0.168 e. The van der Waals surface area contributed by atoms with E-state index in [1.54, 1.807) is 13.3 Å². The number of hydrogen-bond donors (Lipinski definition) is 1. The van der Waals surface area contributed by atoms with Crippen LogP contribution in [-0.2, 0) is 0 Å². The Bertz CT molecular complexity index is 326. The SMILES string of the molecule is CCN(CC)CC(C)Nc1ncccc1OC. The van der Waals surface area contributed by atoms with Crippen LogP contribution >= 0.6 is 0 Å². The number of nitrogens with one attached hydrogen (secondary N) is 1. The summed E-state index contributed by atoms with van der Waals surface area (Å²) in [5.74, 6) is 1.61. The molecule has 0 aliphatic heterocycles. The molecule has 0 saturated heterocycles. The molecule has 0 bridgehead atoms. The topological polar surface area (TPSA) is 37.4 Å². The Labute approximate surface area is 104 Å². The van der Waals surface area contributed by atoms with Crippen molar-refractivity contribution in [3.05, 3.63) is 18.3 Å². The highest BCUT2D eigenvalue weighted by Gasteiger charge is 2.10. The van der Waals surface area contributed by atoms with Crippen LogP contribution in [0.5, 0.6) is 5.75 Å². The van der Waals surface area contributed by atoms with Gasteiger partial charge >= 0.3 is 0 Å². The summed E-state index contributed by atoms with van der Waals surface area (Å²) < 4.78 is 5.27. The van der Waals surface area contributed by atoms with Crippen molar-refractivity contribution in [2.24, 2.45) is 0 Å². The van der Waals surface area contributed by atoms with Crippen LogP contribution in [0.2, 0.25) is 0 Å². The molecule has 4 heteroatoms. The maximum Gasteiger partial charge on any atom is 0.168 e. The molecule has 0 aromatic carbocycles. The highest BCUT2D eigenvalue weighted by Crippen LogP contribution is 2.20. The predicted molar refractivity (Wildman–Crippen MR) is 71.7 cm³/mol. The largest absolute Gasteiger partial charge is 0.493 e. The molecule has 1 unspecified atom stereocenters. The fourth-order valence-electron chi connectivity index (χ4n) is 1.81. The van der Waals surface area contributed by atoms with E-state index in [2.05, 4.69) is 36.0 Å². The van der Waals surface area contributed by atoms with Crippen molar-refractivity contribution in [3.63, 3.8) is 0 Å². The Morgan fingerprint density at radius 2 is 2.12 bits per heavy atom. The van der Waals surface area contributed by atoms with Crippen molar-refractivity contribution in [2.45, 2.75) is 26.8 Å². The molecule has 1 N–H and O–H groups in total. The first-order valence-corrected chi connectivity index (χ1v) is 6.19. The second-order valence-corrected chi connectivity index (χ2v) is 4.09. The van der Waals surface area contributed by atoms with Gasteiger partial charge in [-0.1, -0.05) is 13.8 Å². The van der Waals surface area contributed by atoms with E-state index >= 15 is 0 Å². The van der Waals surface area contributed by atoms with Gasteiger partial charge in [0, 0.05) is 18.8 Å². The van der Waals surface area contributed by atoms with Gasteiger partial charge in [0.2, 0.25) is 0 Å². The van der Waals surface area contributed by atoms with Crippen LogP contribution < -0.4 is 10.1 Å². The Kier molecular flexibility index (Phi) is 5.77. The second-order valence-electron chi connectivity index (χ2n) is 4.09. The highest BCUT2D eigenvalue weighted by atomic mass is 16.5. The zero-order valence-corrected chi connectivity index (χ0v) is 11.2. The highest BCUT2D eigenvalue weighted by molar-refractivity contribution is 5.49. The minimum absolute atomic E-state index is 0.346. The third-order valence-electron chi connectivity index (χ3n) is 2.80. The lowest BCUT2D eigenvalue weighted by atomic mass is 10.3. The summed E-state index contributed by atoms with van der Waals surface area (Å²) in [6.45, 7) is 9.66. The first-order chi connectivity index (χ1) is 8.21. The number of aromatic nitrogens is 1. The van der Waals surface area contributed by atoms with Crippen LogP contribution in [0.15, 0.2) is 18.3 Å². The lowest BCUT2D eigenvalue weighted by Crippen LogP contribution is -2.35. The predicted octanol–water partition coefficient (Wildman–Crippen LogP) is 2.23. The van der Waals surface area contributed by atoms with Gasteiger partial charge in [-0.25, -0.2) is 4.98 Å². The number of ether oxygens (including phenoxy) is 1. The van der Waals surface area contributed by atoms with E-state index in [9.17, 15) is 0 Å². The second kappa shape index (κ2) is 7.12. The normalized spacial score (nSPS) is 12.5.